The van der Waals surface area contributed by atoms with E-state index in [1.807, 2.05) is 0 Å². The van der Waals surface area contributed by atoms with Gasteiger partial charge in [0.2, 0.25) is 0 Å². The second-order valence-electron chi connectivity index (χ2n) is 4.02. The number of alkyl halides is 5. The zero-order chi connectivity index (χ0) is 16.2. The van der Waals surface area contributed by atoms with Crippen molar-refractivity contribution in [3.05, 3.63) is 22.2 Å². The van der Waals surface area contributed by atoms with E-state index in [4.69, 9.17) is 9.47 Å². The molecule has 0 radical (unpaired) electrons. The molecule has 1 unspecified atom stereocenters. The first-order chi connectivity index (χ1) is 9.75. The van der Waals surface area contributed by atoms with Crippen LogP contribution in [0.25, 0.3) is 0 Å². The first-order valence-electron chi connectivity index (χ1n) is 6.14. The number of ether oxygens (including phenoxy) is 2. The standard InChI is InChI=1S/C13H14Br2F4O2/c1-3-20-9-5-7(8(14)6-10(9)21-4-2)11(15)13(18,19)12(16)17/h5-6,11-12H,3-4H2,1-2H3. The highest BCUT2D eigenvalue weighted by Gasteiger charge is 2.49. The molecular weight excluding hydrogens is 424 g/mol. The van der Waals surface area contributed by atoms with Gasteiger partial charge in [0.15, 0.2) is 11.5 Å². The Morgan fingerprint density at radius 2 is 1.57 bits per heavy atom. The monoisotopic (exact) mass is 436 g/mol. The van der Waals surface area contributed by atoms with Crippen LogP contribution in [0.2, 0.25) is 0 Å². The van der Waals surface area contributed by atoms with E-state index in [0.717, 1.165) is 0 Å². The first kappa shape index (κ1) is 18.5. The van der Waals surface area contributed by atoms with Crippen LogP contribution in [0.1, 0.15) is 24.2 Å². The van der Waals surface area contributed by atoms with Crippen molar-refractivity contribution in [2.75, 3.05) is 13.2 Å². The molecule has 1 aromatic carbocycles. The third kappa shape index (κ3) is 4.25. The SMILES string of the molecule is CCOc1cc(Br)c(C(Br)C(F)(F)C(F)F)cc1OCC. The maximum Gasteiger partial charge on any atom is 0.323 e. The van der Waals surface area contributed by atoms with Crippen LogP contribution in [-0.4, -0.2) is 25.6 Å². The summed E-state index contributed by atoms with van der Waals surface area (Å²) in [7, 11) is 0. The topological polar surface area (TPSA) is 18.5 Å². The number of hydrogen-bond donors (Lipinski definition) is 0. The summed E-state index contributed by atoms with van der Waals surface area (Å²) in [4.78, 5) is -1.85. The minimum Gasteiger partial charge on any atom is -0.490 e. The smallest absolute Gasteiger partial charge is 0.323 e. The van der Waals surface area contributed by atoms with E-state index in [2.05, 4.69) is 31.9 Å². The van der Waals surface area contributed by atoms with Gasteiger partial charge in [0.1, 0.15) is 4.83 Å². The average Bonchev–Trinajstić information content (AvgIpc) is 2.41. The highest BCUT2D eigenvalue weighted by atomic mass is 79.9. The van der Waals surface area contributed by atoms with E-state index in [1.165, 1.54) is 12.1 Å². The van der Waals surface area contributed by atoms with Gasteiger partial charge in [-0.1, -0.05) is 31.9 Å². The van der Waals surface area contributed by atoms with Gasteiger partial charge in [-0.2, -0.15) is 8.78 Å². The Morgan fingerprint density at radius 1 is 1.10 bits per heavy atom. The predicted octanol–water partition coefficient (Wildman–Crippen LogP) is 5.58. The van der Waals surface area contributed by atoms with Crippen molar-refractivity contribution in [3.8, 4) is 11.5 Å². The van der Waals surface area contributed by atoms with Gasteiger partial charge in [-0.15, -0.1) is 0 Å². The van der Waals surface area contributed by atoms with Crippen molar-refractivity contribution in [2.45, 2.75) is 31.0 Å². The van der Waals surface area contributed by atoms with Gasteiger partial charge in [0, 0.05) is 4.47 Å². The first-order valence-corrected chi connectivity index (χ1v) is 7.85. The molecule has 120 valence electrons. The van der Waals surface area contributed by atoms with Gasteiger partial charge < -0.3 is 9.47 Å². The molecule has 0 N–H and O–H groups in total. The number of halogens is 6. The quantitative estimate of drug-likeness (QED) is 0.409. The molecule has 0 aromatic heterocycles. The Labute approximate surface area is 137 Å². The number of benzene rings is 1. The Morgan fingerprint density at radius 3 is 2.00 bits per heavy atom. The van der Waals surface area contributed by atoms with Crippen molar-refractivity contribution >= 4 is 31.9 Å². The normalized spacial score (nSPS) is 13.4. The third-order valence-corrected chi connectivity index (χ3v) is 4.36. The highest BCUT2D eigenvalue weighted by molar-refractivity contribution is 9.11. The van der Waals surface area contributed by atoms with Crippen molar-refractivity contribution in [3.63, 3.8) is 0 Å². The summed E-state index contributed by atoms with van der Waals surface area (Å²) in [5, 5.41) is 0. The molecule has 0 aliphatic carbocycles. The molecule has 0 heterocycles. The van der Waals surface area contributed by atoms with Gasteiger partial charge in [0.05, 0.1) is 13.2 Å². The van der Waals surface area contributed by atoms with Gasteiger partial charge in [-0.25, -0.2) is 8.78 Å². The molecule has 1 aromatic rings. The van der Waals surface area contributed by atoms with Crippen molar-refractivity contribution < 1.29 is 27.0 Å². The van der Waals surface area contributed by atoms with E-state index in [0.29, 0.717) is 19.0 Å². The summed E-state index contributed by atoms with van der Waals surface area (Å²) in [6, 6.07) is 2.70. The van der Waals surface area contributed by atoms with Crippen LogP contribution in [0.15, 0.2) is 16.6 Å². The second-order valence-corrected chi connectivity index (χ2v) is 5.79. The molecular formula is C13H14Br2F4O2. The van der Waals surface area contributed by atoms with E-state index >= 15 is 0 Å². The van der Waals surface area contributed by atoms with Crippen molar-refractivity contribution in [2.24, 2.45) is 0 Å². The Balaban J connectivity index is 3.27. The molecule has 1 atom stereocenters. The van der Waals surface area contributed by atoms with Gasteiger partial charge in [0.25, 0.3) is 0 Å². The van der Waals surface area contributed by atoms with Gasteiger partial charge in [-0.3, -0.25) is 0 Å². The zero-order valence-corrected chi connectivity index (χ0v) is 14.5. The van der Waals surface area contributed by atoms with E-state index in [9.17, 15) is 17.6 Å². The summed E-state index contributed by atoms with van der Waals surface area (Å²) in [6.45, 7) is 4.13. The predicted molar refractivity (Wildman–Crippen MR) is 79.1 cm³/mol. The molecule has 21 heavy (non-hydrogen) atoms. The summed E-state index contributed by atoms with van der Waals surface area (Å²) < 4.78 is 62.8. The number of rotatable bonds is 7. The van der Waals surface area contributed by atoms with Crippen LogP contribution in [0.3, 0.4) is 0 Å². The van der Waals surface area contributed by atoms with Gasteiger partial charge in [-0.05, 0) is 31.5 Å². The summed E-state index contributed by atoms with van der Waals surface area (Å²) >= 11 is 5.75. The summed E-state index contributed by atoms with van der Waals surface area (Å²) in [6.07, 6.45) is -3.78. The fourth-order valence-corrected chi connectivity index (χ4v) is 3.04. The maximum absolute atomic E-state index is 13.5. The second kappa shape index (κ2) is 7.67. The maximum atomic E-state index is 13.5. The molecule has 0 spiro atoms. The lowest BCUT2D eigenvalue weighted by Crippen LogP contribution is -2.31. The molecule has 0 aliphatic heterocycles. The highest BCUT2D eigenvalue weighted by Crippen LogP contribution is 2.47. The minimum absolute atomic E-state index is 0.0350. The van der Waals surface area contributed by atoms with E-state index in [-0.39, 0.29) is 15.8 Å². The lowest BCUT2D eigenvalue weighted by molar-refractivity contribution is -0.128. The fourth-order valence-electron chi connectivity index (χ4n) is 1.60. The van der Waals surface area contributed by atoms with Crippen LogP contribution in [0.5, 0.6) is 11.5 Å². The molecule has 0 bridgehead atoms. The van der Waals surface area contributed by atoms with Gasteiger partial charge >= 0.3 is 12.3 Å². The van der Waals surface area contributed by atoms with Crippen LogP contribution in [0, 0.1) is 0 Å². The van der Waals surface area contributed by atoms with Crippen LogP contribution in [-0.2, 0) is 0 Å². The summed E-state index contributed by atoms with van der Waals surface area (Å²) in [5.74, 6) is -3.62. The third-order valence-electron chi connectivity index (χ3n) is 2.56. The lowest BCUT2D eigenvalue weighted by Gasteiger charge is -2.23. The molecule has 8 heteroatoms. The lowest BCUT2D eigenvalue weighted by atomic mass is 10.1. The van der Waals surface area contributed by atoms with E-state index in [1.54, 1.807) is 13.8 Å². The molecule has 0 saturated carbocycles. The van der Waals surface area contributed by atoms with Crippen LogP contribution < -0.4 is 9.47 Å². The molecule has 0 saturated heterocycles. The van der Waals surface area contributed by atoms with Crippen LogP contribution >= 0.6 is 31.9 Å². The molecule has 0 amide bonds. The molecule has 1 rings (SSSR count). The van der Waals surface area contributed by atoms with Crippen molar-refractivity contribution in [1.82, 2.24) is 0 Å². The minimum atomic E-state index is -4.21. The fraction of sp³-hybridized carbons (Fsp3) is 0.538. The molecule has 2 nitrogen and oxygen atoms in total. The zero-order valence-electron chi connectivity index (χ0n) is 11.3. The summed E-state index contributed by atoms with van der Waals surface area (Å²) in [5.41, 5.74) is -0.0350. The van der Waals surface area contributed by atoms with E-state index < -0.39 is 17.2 Å². The van der Waals surface area contributed by atoms with Crippen molar-refractivity contribution in [1.29, 1.82) is 0 Å². The molecule has 0 fully saturated rings. The Kier molecular flexibility index (Phi) is 6.77. The Bertz CT molecular complexity index is 483. The Hall–Kier alpha value is -0.500. The van der Waals surface area contributed by atoms with Crippen LogP contribution in [0.4, 0.5) is 17.6 Å². The molecule has 0 aliphatic rings. The largest absolute Gasteiger partial charge is 0.490 e. The number of hydrogen-bond acceptors (Lipinski definition) is 2. The average molecular weight is 438 g/mol.